The molecule has 1 N–H and O–H groups in total. The molecular weight excluding hydrogens is 246 g/mol. The van der Waals surface area contributed by atoms with E-state index in [2.05, 4.69) is 4.98 Å². The summed E-state index contributed by atoms with van der Waals surface area (Å²) in [6.07, 6.45) is 1.95. The highest BCUT2D eigenvalue weighted by Gasteiger charge is 2.14. The lowest BCUT2D eigenvalue weighted by Gasteiger charge is -2.12. The quantitative estimate of drug-likeness (QED) is 0.675. The minimum absolute atomic E-state index is 0.215. The predicted octanol–water partition coefficient (Wildman–Crippen LogP) is 2.14. The predicted molar refractivity (Wildman–Crippen MR) is 69.8 cm³/mol. The maximum Gasteiger partial charge on any atom is 0.381 e. The fraction of sp³-hybridized carbons (Fsp3) is 0.308. The Balaban J connectivity index is 2.15. The van der Waals surface area contributed by atoms with Crippen LogP contribution in [0.5, 0.6) is 0 Å². The van der Waals surface area contributed by atoms with Gasteiger partial charge in [-0.15, -0.1) is 0 Å². The van der Waals surface area contributed by atoms with Crippen molar-refractivity contribution in [1.82, 2.24) is 9.55 Å². The second-order valence-corrected chi connectivity index (χ2v) is 4.62. The number of aromatic nitrogens is 2. The molecule has 1 aromatic heterocycles. The molecule has 6 nitrogen and oxygen atoms in total. The van der Waals surface area contributed by atoms with Gasteiger partial charge in [-0.25, -0.2) is 0 Å². The third-order valence-corrected chi connectivity index (χ3v) is 2.82. The molecule has 0 bridgehead atoms. The molecule has 1 heterocycles. The van der Waals surface area contributed by atoms with Gasteiger partial charge in [0.05, 0.1) is 12.6 Å². The van der Waals surface area contributed by atoms with E-state index in [1.807, 2.05) is 32.0 Å². The third kappa shape index (κ3) is 3.17. The minimum Gasteiger partial charge on any atom is -0.387 e. The van der Waals surface area contributed by atoms with Crippen LogP contribution in [0.15, 0.2) is 30.7 Å². The van der Waals surface area contributed by atoms with E-state index in [1.54, 1.807) is 0 Å². The molecule has 100 valence electrons. The molecule has 0 aliphatic carbocycles. The molecule has 1 unspecified atom stereocenters. The van der Waals surface area contributed by atoms with Crippen LogP contribution in [0, 0.1) is 24.0 Å². The van der Waals surface area contributed by atoms with Crippen molar-refractivity contribution in [2.75, 3.05) is 0 Å². The van der Waals surface area contributed by atoms with Gasteiger partial charge in [0.1, 0.15) is 6.20 Å². The van der Waals surface area contributed by atoms with Crippen molar-refractivity contribution < 1.29 is 10.0 Å². The van der Waals surface area contributed by atoms with E-state index in [9.17, 15) is 15.2 Å². The zero-order valence-electron chi connectivity index (χ0n) is 10.8. The minimum atomic E-state index is -0.715. The summed E-state index contributed by atoms with van der Waals surface area (Å²) in [4.78, 5) is 13.6. The second-order valence-electron chi connectivity index (χ2n) is 4.62. The number of benzene rings is 1. The Morgan fingerprint density at radius 1 is 1.37 bits per heavy atom. The summed E-state index contributed by atoms with van der Waals surface area (Å²) in [5.74, 6) is -0.215. The fourth-order valence-corrected chi connectivity index (χ4v) is 2.05. The smallest absolute Gasteiger partial charge is 0.381 e. The molecule has 2 aromatic rings. The van der Waals surface area contributed by atoms with Crippen LogP contribution >= 0.6 is 0 Å². The normalized spacial score (nSPS) is 12.4. The van der Waals surface area contributed by atoms with Crippen molar-refractivity contribution in [2.45, 2.75) is 26.5 Å². The number of nitrogens with zero attached hydrogens (tertiary/aromatic N) is 3. The summed E-state index contributed by atoms with van der Waals surface area (Å²) < 4.78 is 1.51. The van der Waals surface area contributed by atoms with E-state index in [0.717, 1.165) is 16.7 Å². The van der Waals surface area contributed by atoms with Crippen LogP contribution in [0.1, 0.15) is 22.8 Å². The zero-order chi connectivity index (χ0) is 14.0. The van der Waals surface area contributed by atoms with Crippen LogP contribution < -0.4 is 0 Å². The van der Waals surface area contributed by atoms with Gasteiger partial charge in [0.2, 0.25) is 6.33 Å². The Labute approximate surface area is 110 Å². The number of hydrogen-bond donors (Lipinski definition) is 1. The summed E-state index contributed by atoms with van der Waals surface area (Å²) >= 11 is 0. The van der Waals surface area contributed by atoms with Crippen LogP contribution in [0.3, 0.4) is 0 Å². The summed E-state index contributed by atoms with van der Waals surface area (Å²) in [5, 5.41) is 20.7. The SMILES string of the molecule is Cc1cc(C)cc(C(O)Cn2cnc([N+](=O)[O-])c2)c1. The van der Waals surface area contributed by atoms with Gasteiger partial charge in [-0.2, -0.15) is 0 Å². The number of aliphatic hydroxyl groups excluding tert-OH is 1. The van der Waals surface area contributed by atoms with Gasteiger partial charge in [-0.1, -0.05) is 29.3 Å². The first-order valence-electron chi connectivity index (χ1n) is 5.88. The molecule has 6 heteroatoms. The lowest BCUT2D eigenvalue weighted by Crippen LogP contribution is -2.07. The number of rotatable bonds is 4. The van der Waals surface area contributed by atoms with E-state index in [0.29, 0.717) is 0 Å². The summed E-state index contributed by atoms with van der Waals surface area (Å²) in [6, 6.07) is 5.84. The first kappa shape index (κ1) is 13.2. The van der Waals surface area contributed by atoms with E-state index in [-0.39, 0.29) is 12.4 Å². The highest BCUT2D eigenvalue weighted by atomic mass is 16.6. The maximum atomic E-state index is 10.5. The number of nitro groups is 1. The van der Waals surface area contributed by atoms with Gasteiger partial charge in [0.25, 0.3) is 0 Å². The lowest BCUT2D eigenvalue weighted by atomic mass is 10.0. The average Bonchev–Trinajstić information content (AvgIpc) is 2.76. The summed E-state index contributed by atoms with van der Waals surface area (Å²) in [5.41, 5.74) is 2.95. The van der Waals surface area contributed by atoms with Gasteiger partial charge in [0, 0.05) is 0 Å². The second kappa shape index (κ2) is 5.19. The van der Waals surface area contributed by atoms with E-state index >= 15 is 0 Å². The third-order valence-electron chi connectivity index (χ3n) is 2.82. The van der Waals surface area contributed by atoms with E-state index in [1.165, 1.54) is 17.1 Å². The average molecular weight is 261 g/mol. The van der Waals surface area contributed by atoms with Crippen LogP contribution in [-0.4, -0.2) is 19.6 Å². The molecule has 0 saturated heterocycles. The molecule has 2 rings (SSSR count). The maximum absolute atomic E-state index is 10.5. The zero-order valence-corrected chi connectivity index (χ0v) is 10.8. The van der Waals surface area contributed by atoms with Gasteiger partial charge in [-0.05, 0) is 29.3 Å². The highest BCUT2D eigenvalue weighted by molar-refractivity contribution is 5.30. The molecule has 19 heavy (non-hydrogen) atoms. The number of imidazole rings is 1. The highest BCUT2D eigenvalue weighted by Crippen LogP contribution is 2.19. The van der Waals surface area contributed by atoms with Gasteiger partial charge >= 0.3 is 5.82 Å². The Morgan fingerprint density at radius 3 is 2.53 bits per heavy atom. The van der Waals surface area contributed by atoms with Crippen molar-refractivity contribution in [3.63, 3.8) is 0 Å². The molecule has 0 fully saturated rings. The monoisotopic (exact) mass is 261 g/mol. The molecule has 0 radical (unpaired) electrons. The Kier molecular flexibility index (Phi) is 3.62. The van der Waals surface area contributed by atoms with Crippen molar-refractivity contribution in [2.24, 2.45) is 0 Å². The summed E-state index contributed by atoms with van der Waals surface area (Å²) in [7, 11) is 0. The molecule has 0 spiro atoms. The van der Waals surface area contributed by atoms with Crippen molar-refractivity contribution in [1.29, 1.82) is 0 Å². The van der Waals surface area contributed by atoms with E-state index in [4.69, 9.17) is 0 Å². The lowest BCUT2D eigenvalue weighted by molar-refractivity contribution is -0.389. The Hall–Kier alpha value is -2.21. The van der Waals surface area contributed by atoms with Crippen LogP contribution in [0.25, 0.3) is 0 Å². The first-order chi connectivity index (χ1) is 8.95. The Bertz CT molecular complexity index is 587. The molecule has 0 saturated carbocycles. The molecule has 1 atom stereocenters. The van der Waals surface area contributed by atoms with Crippen molar-refractivity contribution in [3.05, 3.63) is 57.5 Å². The standard InChI is InChI=1S/C13H15N3O3/c1-9-3-10(2)5-11(4-9)12(17)6-15-7-13(14-8-15)16(18)19/h3-5,7-8,12,17H,6H2,1-2H3. The molecule has 0 amide bonds. The van der Waals surface area contributed by atoms with Crippen LogP contribution in [0.4, 0.5) is 5.82 Å². The molecule has 0 aliphatic heterocycles. The molecular formula is C13H15N3O3. The number of aryl methyl sites for hydroxylation is 2. The van der Waals surface area contributed by atoms with Crippen molar-refractivity contribution in [3.8, 4) is 0 Å². The topological polar surface area (TPSA) is 81.2 Å². The molecule has 1 aromatic carbocycles. The molecule has 0 aliphatic rings. The summed E-state index contributed by atoms with van der Waals surface area (Å²) in [6.45, 7) is 4.17. The fourth-order valence-electron chi connectivity index (χ4n) is 2.05. The van der Waals surface area contributed by atoms with Crippen molar-refractivity contribution >= 4 is 5.82 Å². The van der Waals surface area contributed by atoms with Crippen LogP contribution in [-0.2, 0) is 6.54 Å². The van der Waals surface area contributed by atoms with E-state index < -0.39 is 11.0 Å². The Morgan fingerprint density at radius 2 is 2.00 bits per heavy atom. The van der Waals surface area contributed by atoms with Gasteiger partial charge in [0.15, 0.2) is 0 Å². The van der Waals surface area contributed by atoms with Gasteiger partial charge < -0.3 is 19.8 Å². The van der Waals surface area contributed by atoms with Gasteiger partial charge in [-0.3, -0.25) is 0 Å². The first-order valence-corrected chi connectivity index (χ1v) is 5.88. The van der Waals surface area contributed by atoms with Crippen LogP contribution in [0.2, 0.25) is 0 Å². The number of aliphatic hydroxyl groups is 1. The largest absolute Gasteiger partial charge is 0.387 e. The number of hydrogen-bond acceptors (Lipinski definition) is 4.